The molecule has 19 heavy (non-hydrogen) atoms. The number of hydrogen-bond donors (Lipinski definition) is 2. The summed E-state index contributed by atoms with van der Waals surface area (Å²) < 4.78 is 0. The van der Waals surface area contributed by atoms with Crippen molar-refractivity contribution >= 4 is 17.9 Å². The number of hydrazine groups is 1. The van der Waals surface area contributed by atoms with Crippen LogP contribution in [0.3, 0.4) is 0 Å². The fourth-order valence-electron chi connectivity index (χ4n) is 1.49. The van der Waals surface area contributed by atoms with Crippen LogP contribution in [0.15, 0.2) is 23.4 Å². The van der Waals surface area contributed by atoms with Crippen LogP contribution >= 0.6 is 0 Å². The van der Waals surface area contributed by atoms with Crippen molar-refractivity contribution in [3.8, 4) is 0 Å². The molecular formula is C13H20N4O2. The Morgan fingerprint density at radius 2 is 2.26 bits per heavy atom. The molecule has 0 aliphatic heterocycles. The van der Waals surface area contributed by atoms with Gasteiger partial charge in [0.05, 0.1) is 0 Å². The van der Waals surface area contributed by atoms with Gasteiger partial charge in [-0.25, -0.2) is 10.2 Å². The van der Waals surface area contributed by atoms with E-state index < -0.39 is 0 Å². The fourth-order valence-corrected chi connectivity index (χ4v) is 1.49. The lowest BCUT2D eigenvalue weighted by Crippen LogP contribution is -2.40. The standard InChI is InChI=1S/C13H20N4O2/c1-5-15-19-9-11-10(2)7-6-8-12(11)16-13(18)17(4)14-3/h5-8,14H,9H2,1-4H3,(H,16,18)/b15-5-. The van der Waals surface area contributed by atoms with E-state index in [-0.39, 0.29) is 6.03 Å². The number of nitrogens with zero attached hydrogens (tertiary/aromatic N) is 2. The van der Waals surface area contributed by atoms with Crippen LogP contribution in [0, 0.1) is 6.92 Å². The second-order valence-electron chi connectivity index (χ2n) is 3.95. The van der Waals surface area contributed by atoms with Crippen LogP contribution in [0.2, 0.25) is 0 Å². The van der Waals surface area contributed by atoms with E-state index in [4.69, 9.17) is 4.84 Å². The average Bonchev–Trinajstić information content (AvgIpc) is 2.41. The summed E-state index contributed by atoms with van der Waals surface area (Å²) in [6.07, 6.45) is 1.57. The molecule has 0 aliphatic rings. The van der Waals surface area contributed by atoms with E-state index in [0.717, 1.165) is 16.8 Å². The number of anilines is 1. The monoisotopic (exact) mass is 264 g/mol. The number of rotatable bonds is 5. The van der Waals surface area contributed by atoms with E-state index in [1.54, 1.807) is 27.2 Å². The second kappa shape index (κ2) is 7.38. The summed E-state index contributed by atoms with van der Waals surface area (Å²) in [5.74, 6) is 0. The molecule has 0 heterocycles. The third-order valence-corrected chi connectivity index (χ3v) is 2.68. The number of aryl methyl sites for hydroxylation is 1. The summed E-state index contributed by atoms with van der Waals surface area (Å²) in [7, 11) is 3.32. The smallest absolute Gasteiger partial charge is 0.335 e. The van der Waals surface area contributed by atoms with Gasteiger partial charge in [-0.15, -0.1) is 0 Å². The third kappa shape index (κ3) is 4.26. The summed E-state index contributed by atoms with van der Waals surface area (Å²) in [6, 6.07) is 5.44. The highest BCUT2D eigenvalue weighted by molar-refractivity contribution is 5.89. The van der Waals surface area contributed by atoms with E-state index in [0.29, 0.717) is 6.61 Å². The summed E-state index contributed by atoms with van der Waals surface area (Å²) in [5.41, 5.74) is 5.41. The van der Waals surface area contributed by atoms with E-state index in [2.05, 4.69) is 15.9 Å². The number of benzene rings is 1. The van der Waals surface area contributed by atoms with E-state index in [1.165, 1.54) is 5.01 Å². The maximum atomic E-state index is 11.8. The van der Waals surface area contributed by atoms with Gasteiger partial charge in [-0.05, 0) is 25.5 Å². The lowest BCUT2D eigenvalue weighted by atomic mass is 10.1. The highest BCUT2D eigenvalue weighted by Crippen LogP contribution is 2.20. The van der Waals surface area contributed by atoms with Crippen LogP contribution in [-0.2, 0) is 11.4 Å². The maximum Gasteiger partial charge on any atom is 0.335 e. The van der Waals surface area contributed by atoms with Gasteiger partial charge in [-0.3, -0.25) is 5.01 Å². The van der Waals surface area contributed by atoms with Gasteiger partial charge in [-0.1, -0.05) is 17.3 Å². The van der Waals surface area contributed by atoms with Gasteiger partial charge >= 0.3 is 6.03 Å². The molecule has 0 atom stereocenters. The molecule has 1 aromatic carbocycles. The molecule has 0 aromatic heterocycles. The predicted octanol–water partition coefficient (Wildman–Crippen LogP) is 2.12. The van der Waals surface area contributed by atoms with Crippen LogP contribution in [0.4, 0.5) is 10.5 Å². The Kier molecular flexibility index (Phi) is 5.81. The molecule has 0 fully saturated rings. The normalized spacial score (nSPS) is 10.5. The lowest BCUT2D eigenvalue weighted by molar-refractivity contribution is 0.132. The number of nitrogens with one attached hydrogen (secondary N) is 2. The minimum Gasteiger partial charge on any atom is -0.391 e. The maximum absolute atomic E-state index is 11.8. The first-order valence-electron chi connectivity index (χ1n) is 6.00. The molecule has 0 unspecified atom stereocenters. The zero-order valence-electron chi connectivity index (χ0n) is 11.7. The Balaban J connectivity index is 2.87. The predicted molar refractivity (Wildman–Crippen MR) is 76.0 cm³/mol. The van der Waals surface area contributed by atoms with Crippen molar-refractivity contribution in [3.63, 3.8) is 0 Å². The van der Waals surface area contributed by atoms with Crippen molar-refractivity contribution in [1.29, 1.82) is 0 Å². The summed E-state index contributed by atoms with van der Waals surface area (Å²) >= 11 is 0. The molecular weight excluding hydrogens is 244 g/mol. The molecule has 0 spiro atoms. The zero-order chi connectivity index (χ0) is 14.3. The Morgan fingerprint density at radius 1 is 1.53 bits per heavy atom. The first-order valence-corrected chi connectivity index (χ1v) is 6.00. The average molecular weight is 264 g/mol. The number of amides is 2. The van der Waals surface area contributed by atoms with Crippen LogP contribution in [0.25, 0.3) is 0 Å². The molecule has 6 nitrogen and oxygen atoms in total. The molecule has 0 radical (unpaired) electrons. The van der Waals surface area contributed by atoms with Gasteiger partial charge in [0.1, 0.15) is 6.61 Å². The molecule has 2 amide bonds. The largest absolute Gasteiger partial charge is 0.391 e. The van der Waals surface area contributed by atoms with Gasteiger partial charge in [-0.2, -0.15) is 0 Å². The third-order valence-electron chi connectivity index (χ3n) is 2.68. The molecule has 0 bridgehead atoms. The molecule has 1 aromatic rings. The SMILES string of the molecule is C/C=N\OCc1c(C)cccc1NC(=O)N(C)NC. The van der Waals surface area contributed by atoms with E-state index in [1.807, 2.05) is 25.1 Å². The van der Waals surface area contributed by atoms with Crippen molar-refractivity contribution in [3.05, 3.63) is 29.3 Å². The van der Waals surface area contributed by atoms with Gasteiger partial charge in [0.15, 0.2) is 0 Å². The van der Waals surface area contributed by atoms with Crippen molar-refractivity contribution < 1.29 is 9.63 Å². The van der Waals surface area contributed by atoms with Crippen molar-refractivity contribution in [2.45, 2.75) is 20.5 Å². The first-order chi connectivity index (χ1) is 9.10. The number of oxime groups is 1. The molecule has 0 saturated heterocycles. The minimum atomic E-state index is -0.242. The van der Waals surface area contributed by atoms with Gasteiger partial charge in [0.2, 0.25) is 0 Å². The zero-order valence-corrected chi connectivity index (χ0v) is 11.7. The quantitative estimate of drug-likeness (QED) is 0.632. The van der Waals surface area contributed by atoms with Crippen molar-refractivity contribution in [2.75, 3.05) is 19.4 Å². The molecule has 104 valence electrons. The Bertz CT molecular complexity index is 460. The molecule has 2 N–H and O–H groups in total. The Labute approximate surface area is 113 Å². The minimum absolute atomic E-state index is 0.242. The van der Waals surface area contributed by atoms with E-state index >= 15 is 0 Å². The Hall–Kier alpha value is -2.08. The number of carbonyl (C=O) groups excluding carboxylic acids is 1. The number of hydrogen-bond acceptors (Lipinski definition) is 4. The van der Waals surface area contributed by atoms with Crippen LogP contribution in [0.1, 0.15) is 18.1 Å². The summed E-state index contributed by atoms with van der Waals surface area (Å²) in [5, 5.41) is 7.90. The van der Waals surface area contributed by atoms with Gasteiger partial charge in [0, 0.05) is 31.6 Å². The topological polar surface area (TPSA) is 66.0 Å². The lowest BCUT2D eigenvalue weighted by Gasteiger charge is -2.18. The molecule has 0 saturated carbocycles. The van der Waals surface area contributed by atoms with Crippen LogP contribution < -0.4 is 10.7 Å². The van der Waals surface area contributed by atoms with Crippen molar-refractivity contribution in [2.24, 2.45) is 5.16 Å². The van der Waals surface area contributed by atoms with Gasteiger partial charge < -0.3 is 10.2 Å². The molecule has 1 rings (SSSR count). The Morgan fingerprint density at radius 3 is 2.89 bits per heavy atom. The first kappa shape index (κ1) is 15.0. The van der Waals surface area contributed by atoms with Crippen LogP contribution in [0.5, 0.6) is 0 Å². The number of carbonyl (C=O) groups is 1. The van der Waals surface area contributed by atoms with Crippen LogP contribution in [-0.4, -0.2) is 31.3 Å². The molecule has 0 aliphatic carbocycles. The van der Waals surface area contributed by atoms with Gasteiger partial charge in [0.25, 0.3) is 0 Å². The van der Waals surface area contributed by atoms with Crippen molar-refractivity contribution in [1.82, 2.24) is 10.4 Å². The summed E-state index contributed by atoms with van der Waals surface area (Å²) in [6.45, 7) is 4.06. The second-order valence-corrected chi connectivity index (χ2v) is 3.95. The summed E-state index contributed by atoms with van der Waals surface area (Å²) in [4.78, 5) is 17.0. The van der Waals surface area contributed by atoms with E-state index in [9.17, 15) is 4.79 Å². The molecule has 6 heteroatoms. The fraction of sp³-hybridized carbons (Fsp3) is 0.385. The highest BCUT2D eigenvalue weighted by Gasteiger charge is 2.11. The highest BCUT2D eigenvalue weighted by atomic mass is 16.6. The number of urea groups is 1.